The van der Waals surface area contributed by atoms with Crippen molar-refractivity contribution >= 4 is 29.1 Å². The zero-order valence-corrected chi connectivity index (χ0v) is 16.5. The maximum absolute atomic E-state index is 12.5. The summed E-state index contributed by atoms with van der Waals surface area (Å²) in [5.41, 5.74) is 1.06. The summed E-state index contributed by atoms with van der Waals surface area (Å²) in [5.74, 6) is 0.320. The summed E-state index contributed by atoms with van der Waals surface area (Å²) >= 11 is 11.9. The second-order valence-corrected chi connectivity index (χ2v) is 7.16. The van der Waals surface area contributed by atoms with E-state index < -0.39 is 0 Å². The zero-order chi connectivity index (χ0) is 19.2. The van der Waals surface area contributed by atoms with Crippen LogP contribution < -0.4 is 9.47 Å². The first-order chi connectivity index (χ1) is 13.0. The Labute approximate surface area is 168 Å². The number of hydrogen-bond acceptors (Lipinski definition) is 5. The number of likely N-dealkylation sites (tertiary alicyclic amines) is 1. The Bertz CT molecular complexity index is 786. The van der Waals surface area contributed by atoms with E-state index in [1.54, 1.807) is 35.5 Å². The van der Waals surface area contributed by atoms with Crippen molar-refractivity contribution < 1.29 is 14.3 Å². The number of rotatable bonds is 6. The number of benzene rings is 1. The van der Waals surface area contributed by atoms with E-state index in [1.165, 1.54) is 0 Å². The Kier molecular flexibility index (Phi) is 6.74. The molecule has 1 fully saturated rings. The maximum Gasteiger partial charge on any atom is 0.316 e. The Morgan fingerprint density at radius 2 is 2.07 bits per heavy atom. The first kappa shape index (κ1) is 19.7. The van der Waals surface area contributed by atoms with Crippen LogP contribution >= 0.6 is 23.2 Å². The molecule has 1 aromatic carbocycles. The molecule has 0 spiro atoms. The summed E-state index contributed by atoms with van der Waals surface area (Å²) in [6, 6.07) is 5.24. The number of hydrogen-bond donors (Lipinski definition) is 0. The highest BCUT2D eigenvalue weighted by molar-refractivity contribution is 6.35. The van der Waals surface area contributed by atoms with Crippen LogP contribution in [0, 0.1) is 0 Å². The lowest BCUT2D eigenvalue weighted by atomic mass is 10.1. The van der Waals surface area contributed by atoms with Crippen molar-refractivity contribution in [3.8, 4) is 11.8 Å². The lowest BCUT2D eigenvalue weighted by Crippen LogP contribution is -2.46. The van der Waals surface area contributed by atoms with Crippen LogP contribution in [0.2, 0.25) is 10.0 Å². The highest BCUT2D eigenvalue weighted by Crippen LogP contribution is 2.27. The fourth-order valence-corrected chi connectivity index (χ4v) is 3.28. The molecule has 2 heterocycles. The van der Waals surface area contributed by atoms with Crippen molar-refractivity contribution in [2.75, 3.05) is 19.7 Å². The minimum atomic E-state index is -0.130. The number of aryl methyl sites for hydroxylation is 1. The van der Waals surface area contributed by atoms with Crippen molar-refractivity contribution in [3.63, 3.8) is 0 Å². The molecule has 1 saturated heterocycles. The summed E-state index contributed by atoms with van der Waals surface area (Å²) in [4.78, 5) is 22.6. The van der Waals surface area contributed by atoms with Gasteiger partial charge in [-0.05, 0) is 43.0 Å². The molecule has 1 aliphatic heterocycles. The van der Waals surface area contributed by atoms with Gasteiger partial charge >= 0.3 is 6.01 Å². The van der Waals surface area contributed by atoms with Gasteiger partial charge in [0, 0.05) is 24.0 Å². The summed E-state index contributed by atoms with van der Waals surface area (Å²) < 4.78 is 11.4. The molecule has 1 aliphatic rings. The van der Waals surface area contributed by atoms with Crippen LogP contribution in [-0.2, 0) is 11.2 Å². The lowest BCUT2D eigenvalue weighted by Gasteiger charge is -2.32. The van der Waals surface area contributed by atoms with Gasteiger partial charge in [0.2, 0.25) is 0 Å². The van der Waals surface area contributed by atoms with Gasteiger partial charge in [-0.2, -0.15) is 0 Å². The highest BCUT2D eigenvalue weighted by Gasteiger charge is 2.26. The quantitative estimate of drug-likeness (QED) is 0.725. The van der Waals surface area contributed by atoms with Gasteiger partial charge in [0.25, 0.3) is 5.91 Å². The first-order valence-corrected chi connectivity index (χ1v) is 9.64. The Morgan fingerprint density at radius 1 is 1.30 bits per heavy atom. The average molecular weight is 410 g/mol. The summed E-state index contributed by atoms with van der Waals surface area (Å²) in [6.07, 6.45) is 5.98. The summed E-state index contributed by atoms with van der Waals surface area (Å²) in [6.45, 7) is 3.11. The monoisotopic (exact) mass is 409 g/mol. The molecule has 144 valence electrons. The van der Waals surface area contributed by atoms with E-state index in [-0.39, 0.29) is 18.6 Å². The molecule has 3 rings (SSSR count). The normalized spacial score (nSPS) is 16.9. The van der Waals surface area contributed by atoms with Gasteiger partial charge in [0.15, 0.2) is 6.61 Å². The number of piperidine rings is 1. The van der Waals surface area contributed by atoms with Crippen LogP contribution in [0.1, 0.15) is 25.3 Å². The smallest absolute Gasteiger partial charge is 0.316 e. The molecule has 0 saturated carbocycles. The second kappa shape index (κ2) is 9.24. The second-order valence-electron chi connectivity index (χ2n) is 6.31. The molecule has 27 heavy (non-hydrogen) atoms. The van der Waals surface area contributed by atoms with E-state index in [9.17, 15) is 4.79 Å². The molecule has 8 heteroatoms. The van der Waals surface area contributed by atoms with Gasteiger partial charge in [-0.1, -0.05) is 30.1 Å². The number of carbonyl (C=O) groups excluding carboxylic acids is 1. The third-order valence-corrected chi connectivity index (χ3v) is 4.87. The largest absolute Gasteiger partial charge is 0.482 e. The Morgan fingerprint density at radius 3 is 2.78 bits per heavy atom. The standard InChI is InChI=1S/C19H21Cl2N3O3/c1-2-13-9-22-19(23-10-13)27-15-4-3-7-24(11-15)18(25)12-26-17-6-5-14(20)8-16(17)21/h5-6,8-10,15H,2-4,7,11-12H2,1H3. The third-order valence-electron chi connectivity index (χ3n) is 4.34. The number of aromatic nitrogens is 2. The van der Waals surface area contributed by atoms with Crippen LogP contribution in [0.5, 0.6) is 11.8 Å². The van der Waals surface area contributed by atoms with Crippen LogP contribution in [0.25, 0.3) is 0 Å². The van der Waals surface area contributed by atoms with Crippen LogP contribution in [-0.4, -0.2) is 46.6 Å². The molecule has 6 nitrogen and oxygen atoms in total. The van der Waals surface area contributed by atoms with Crippen LogP contribution in [0.3, 0.4) is 0 Å². The number of carbonyl (C=O) groups is 1. The minimum absolute atomic E-state index is 0.0875. The number of nitrogens with zero attached hydrogens (tertiary/aromatic N) is 3. The Hall–Kier alpha value is -2.05. The molecule has 1 amide bonds. The van der Waals surface area contributed by atoms with Crippen molar-refractivity contribution in [1.82, 2.24) is 14.9 Å². The predicted molar refractivity (Wildman–Crippen MR) is 104 cm³/mol. The molecule has 1 aromatic heterocycles. The van der Waals surface area contributed by atoms with E-state index in [1.807, 2.05) is 6.92 Å². The van der Waals surface area contributed by atoms with Crippen LogP contribution in [0.4, 0.5) is 0 Å². The van der Waals surface area contributed by atoms with Gasteiger partial charge in [0.1, 0.15) is 11.9 Å². The van der Waals surface area contributed by atoms with Crippen LogP contribution in [0.15, 0.2) is 30.6 Å². The van der Waals surface area contributed by atoms with E-state index in [4.69, 9.17) is 32.7 Å². The van der Waals surface area contributed by atoms with E-state index in [0.29, 0.717) is 34.9 Å². The lowest BCUT2D eigenvalue weighted by molar-refractivity contribution is -0.136. The highest BCUT2D eigenvalue weighted by atomic mass is 35.5. The SMILES string of the molecule is CCc1cnc(OC2CCCN(C(=O)COc3ccc(Cl)cc3Cl)C2)nc1. The topological polar surface area (TPSA) is 64.5 Å². The molecule has 0 radical (unpaired) electrons. The zero-order valence-electron chi connectivity index (χ0n) is 15.0. The van der Waals surface area contributed by atoms with Crippen molar-refractivity contribution in [1.29, 1.82) is 0 Å². The number of amides is 1. The number of ether oxygens (including phenoxy) is 2. The van der Waals surface area contributed by atoms with Gasteiger partial charge in [-0.3, -0.25) is 4.79 Å². The third kappa shape index (κ3) is 5.47. The maximum atomic E-state index is 12.5. The molecule has 1 atom stereocenters. The number of halogens is 2. The first-order valence-electron chi connectivity index (χ1n) is 8.88. The fraction of sp³-hybridized carbons (Fsp3) is 0.421. The Balaban J connectivity index is 1.52. The van der Waals surface area contributed by atoms with Gasteiger partial charge in [0.05, 0.1) is 11.6 Å². The average Bonchev–Trinajstić information content (AvgIpc) is 2.68. The molecule has 1 unspecified atom stereocenters. The van der Waals surface area contributed by atoms with Crippen molar-refractivity contribution in [2.45, 2.75) is 32.3 Å². The fourth-order valence-electron chi connectivity index (χ4n) is 2.82. The molecular weight excluding hydrogens is 389 g/mol. The van der Waals surface area contributed by atoms with Crippen molar-refractivity contribution in [3.05, 3.63) is 46.2 Å². The molecular formula is C19H21Cl2N3O3. The van der Waals surface area contributed by atoms with E-state index in [0.717, 1.165) is 24.8 Å². The van der Waals surface area contributed by atoms with E-state index in [2.05, 4.69) is 9.97 Å². The minimum Gasteiger partial charge on any atom is -0.482 e. The van der Waals surface area contributed by atoms with Crippen molar-refractivity contribution in [2.24, 2.45) is 0 Å². The molecule has 0 bridgehead atoms. The summed E-state index contributed by atoms with van der Waals surface area (Å²) in [7, 11) is 0. The summed E-state index contributed by atoms with van der Waals surface area (Å²) in [5, 5.41) is 0.895. The molecule has 0 N–H and O–H groups in total. The van der Waals surface area contributed by atoms with Gasteiger partial charge < -0.3 is 14.4 Å². The molecule has 0 aliphatic carbocycles. The van der Waals surface area contributed by atoms with Gasteiger partial charge in [-0.15, -0.1) is 0 Å². The van der Waals surface area contributed by atoms with E-state index >= 15 is 0 Å². The van der Waals surface area contributed by atoms with Gasteiger partial charge in [-0.25, -0.2) is 9.97 Å². The molecule has 2 aromatic rings. The predicted octanol–water partition coefficient (Wildman–Crippen LogP) is 3.79.